The predicted molar refractivity (Wildman–Crippen MR) is 75.9 cm³/mol. The maximum atomic E-state index is 13.9. The van der Waals surface area contributed by atoms with Crippen molar-refractivity contribution in [2.45, 2.75) is 25.8 Å². The highest BCUT2D eigenvalue weighted by Gasteiger charge is 2.28. The number of rotatable bonds is 4. The molecular weight excluding hydrogens is 278 g/mol. The molecule has 0 aromatic heterocycles. The molecule has 0 radical (unpaired) electrons. The summed E-state index contributed by atoms with van der Waals surface area (Å²) < 4.78 is 31.8. The van der Waals surface area contributed by atoms with Crippen LogP contribution in [0.15, 0.2) is 18.2 Å². The number of halogens is 2. The molecular formula is C15H20F2N2O2. The second-order valence-corrected chi connectivity index (χ2v) is 5.37. The summed E-state index contributed by atoms with van der Waals surface area (Å²) in [6, 6.07) is 3.33. The van der Waals surface area contributed by atoms with Crippen LogP contribution in [0.3, 0.4) is 0 Å². The van der Waals surface area contributed by atoms with E-state index in [0.717, 1.165) is 6.07 Å². The van der Waals surface area contributed by atoms with Crippen LogP contribution in [-0.2, 0) is 9.53 Å². The van der Waals surface area contributed by atoms with Gasteiger partial charge in [0, 0.05) is 25.2 Å². The molecule has 1 aliphatic heterocycles. The van der Waals surface area contributed by atoms with Gasteiger partial charge in [0.1, 0.15) is 11.6 Å². The second kappa shape index (κ2) is 6.85. The molecule has 1 saturated heterocycles. The minimum atomic E-state index is -0.612. The largest absolute Gasteiger partial charge is 0.466 e. The first-order chi connectivity index (χ1) is 9.99. The zero-order valence-corrected chi connectivity index (χ0v) is 12.0. The highest BCUT2D eigenvalue weighted by Crippen LogP contribution is 2.27. The Hall–Kier alpha value is -1.69. The number of piperidine rings is 1. The molecule has 0 amide bonds. The Kier molecular flexibility index (Phi) is 5.12. The van der Waals surface area contributed by atoms with Gasteiger partial charge in [0.05, 0.1) is 18.7 Å². The van der Waals surface area contributed by atoms with Gasteiger partial charge < -0.3 is 15.4 Å². The summed E-state index contributed by atoms with van der Waals surface area (Å²) in [6.07, 6.45) is 0.957. The Morgan fingerprint density at radius 3 is 2.86 bits per heavy atom. The van der Waals surface area contributed by atoms with Crippen LogP contribution < -0.4 is 10.6 Å². The van der Waals surface area contributed by atoms with Crippen LogP contribution in [0.5, 0.6) is 0 Å². The van der Waals surface area contributed by atoms with E-state index in [0.29, 0.717) is 31.8 Å². The van der Waals surface area contributed by atoms with Crippen molar-refractivity contribution in [3.05, 3.63) is 29.8 Å². The minimum Gasteiger partial charge on any atom is -0.466 e. The fourth-order valence-corrected chi connectivity index (χ4v) is 2.78. The third-order valence-electron chi connectivity index (χ3n) is 3.58. The molecule has 0 bridgehead atoms. The van der Waals surface area contributed by atoms with Crippen molar-refractivity contribution < 1.29 is 18.3 Å². The zero-order chi connectivity index (χ0) is 15.4. The van der Waals surface area contributed by atoms with Gasteiger partial charge in [-0.1, -0.05) is 0 Å². The van der Waals surface area contributed by atoms with Crippen molar-refractivity contribution in [2.75, 3.05) is 24.6 Å². The van der Waals surface area contributed by atoms with Gasteiger partial charge in [-0.3, -0.25) is 4.79 Å². The number of carbonyl (C=O) groups is 1. The summed E-state index contributed by atoms with van der Waals surface area (Å²) in [5.41, 5.74) is 6.31. The highest BCUT2D eigenvalue weighted by atomic mass is 19.1. The molecule has 1 heterocycles. The van der Waals surface area contributed by atoms with Gasteiger partial charge in [-0.15, -0.1) is 0 Å². The topological polar surface area (TPSA) is 55.6 Å². The lowest BCUT2D eigenvalue weighted by Gasteiger charge is -2.37. The number of nitrogens with zero attached hydrogens (tertiary/aromatic N) is 1. The standard InChI is InChI=1S/C15H20F2N2O2/c1-2-21-15(20)6-10-5-12(18)9-19(8-10)14-4-3-11(16)7-13(14)17/h3-4,7,10,12H,2,5-6,8-9,18H2,1H3. The first-order valence-electron chi connectivity index (χ1n) is 7.10. The Bertz CT molecular complexity index is 510. The van der Waals surface area contributed by atoms with E-state index in [-0.39, 0.29) is 24.3 Å². The normalized spacial score (nSPS) is 22.2. The maximum absolute atomic E-state index is 13.9. The summed E-state index contributed by atoms with van der Waals surface area (Å²) in [4.78, 5) is 13.3. The Balaban J connectivity index is 2.08. The predicted octanol–water partition coefficient (Wildman–Crippen LogP) is 2.07. The molecule has 0 saturated carbocycles. The van der Waals surface area contributed by atoms with E-state index in [4.69, 9.17) is 10.5 Å². The van der Waals surface area contributed by atoms with Crippen molar-refractivity contribution >= 4 is 11.7 Å². The lowest BCUT2D eigenvalue weighted by Crippen LogP contribution is -2.48. The van der Waals surface area contributed by atoms with E-state index in [1.54, 1.807) is 11.8 Å². The molecule has 2 rings (SSSR count). The van der Waals surface area contributed by atoms with Gasteiger partial charge in [0.15, 0.2) is 0 Å². The van der Waals surface area contributed by atoms with Gasteiger partial charge in [-0.2, -0.15) is 0 Å². The fraction of sp³-hybridized carbons (Fsp3) is 0.533. The SMILES string of the molecule is CCOC(=O)CC1CC(N)CN(c2ccc(F)cc2F)C1. The average molecular weight is 298 g/mol. The van der Waals surface area contributed by atoms with Crippen LogP contribution in [0.25, 0.3) is 0 Å². The number of hydrogen-bond donors (Lipinski definition) is 1. The molecule has 6 heteroatoms. The zero-order valence-electron chi connectivity index (χ0n) is 12.0. The first kappa shape index (κ1) is 15.7. The van der Waals surface area contributed by atoms with E-state index in [2.05, 4.69) is 0 Å². The molecule has 1 aliphatic rings. The van der Waals surface area contributed by atoms with E-state index in [1.165, 1.54) is 12.1 Å². The van der Waals surface area contributed by atoms with Crippen molar-refractivity contribution in [3.8, 4) is 0 Å². The second-order valence-electron chi connectivity index (χ2n) is 5.37. The number of ether oxygens (including phenoxy) is 1. The number of anilines is 1. The van der Waals surface area contributed by atoms with Crippen molar-refractivity contribution in [1.29, 1.82) is 0 Å². The van der Waals surface area contributed by atoms with Crippen LogP contribution in [0.2, 0.25) is 0 Å². The Morgan fingerprint density at radius 1 is 1.43 bits per heavy atom. The monoisotopic (exact) mass is 298 g/mol. The minimum absolute atomic E-state index is 0.0113. The van der Waals surface area contributed by atoms with Crippen LogP contribution in [0, 0.1) is 17.6 Å². The number of benzene rings is 1. The van der Waals surface area contributed by atoms with Gasteiger partial charge >= 0.3 is 5.97 Å². The van der Waals surface area contributed by atoms with Crippen LogP contribution >= 0.6 is 0 Å². The van der Waals surface area contributed by atoms with Crippen molar-refractivity contribution in [3.63, 3.8) is 0 Å². The summed E-state index contributed by atoms with van der Waals surface area (Å²) in [5.74, 6) is -1.48. The van der Waals surface area contributed by atoms with Crippen LogP contribution in [-0.4, -0.2) is 31.7 Å². The van der Waals surface area contributed by atoms with E-state index < -0.39 is 11.6 Å². The highest BCUT2D eigenvalue weighted by molar-refractivity contribution is 5.69. The lowest BCUT2D eigenvalue weighted by molar-refractivity contribution is -0.144. The molecule has 21 heavy (non-hydrogen) atoms. The average Bonchev–Trinajstić information content (AvgIpc) is 2.37. The van der Waals surface area contributed by atoms with Crippen molar-refractivity contribution in [1.82, 2.24) is 0 Å². The van der Waals surface area contributed by atoms with Gasteiger partial charge in [-0.25, -0.2) is 8.78 Å². The number of esters is 1. The molecule has 0 spiro atoms. The van der Waals surface area contributed by atoms with Gasteiger partial charge in [-0.05, 0) is 31.4 Å². The molecule has 2 unspecified atom stereocenters. The van der Waals surface area contributed by atoms with E-state index in [1.807, 2.05) is 0 Å². The first-order valence-corrected chi connectivity index (χ1v) is 7.10. The molecule has 4 nitrogen and oxygen atoms in total. The summed E-state index contributed by atoms with van der Waals surface area (Å²) in [5, 5.41) is 0. The summed E-state index contributed by atoms with van der Waals surface area (Å²) in [7, 11) is 0. The van der Waals surface area contributed by atoms with E-state index >= 15 is 0 Å². The van der Waals surface area contributed by atoms with Crippen LogP contribution in [0.1, 0.15) is 19.8 Å². The number of carbonyl (C=O) groups excluding carboxylic acids is 1. The number of nitrogens with two attached hydrogens (primary N) is 1. The van der Waals surface area contributed by atoms with E-state index in [9.17, 15) is 13.6 Å². The van der Waals surface area contributed by atoms with Crippen LogP contribution in [0.4, 0.5) is 14.5 Å². The smallest absolute Gasteiger partial charge is 0.306 e. The molecule has 1 aromatic rings. The molecule has 1 aromatic carbocycles. The molecule has 116 valence electrons. The molecule has 1 fully saturated rings. The lowest BCUT2D eigenvalue weighted by atomic mass is 9.91. The van der Waals surface area contributed by atoms with Gasteiger partial charge in [0.2, 0.25) is 0 Å². The Morgan fingerprint density at radius 2 is 2.19 bits per heavy atom. The molecule has 0 aliphatic carbocycles. The third-order valence-corrected chi connectivity index (χ3v) is 3.58. The van der Waals surface area contributed by atoms with Gasteiger partial charge in [0.25, 0.3) is 0 Å². The number of hydrogen-bond acceptors (Lipinski definition) is 4. The summed E-state index contributed by atoms with van der Waals surface area (Å²) in [6.45, 7) is 3.09. The molecule has 2 N–H and O–H groups in total. The van der Waals surface area contributed by atoms with Crippen molar-refractivity contribution in [2.24, 2.45) is 11.7 Å². The molecule has 2 atom stereocenters. The third kappa shape index (κ3) is 4.14. The Labute approximate surface area is 122 Å². The fourth-order valence-electron chi connectivity index (χ4n) is 2.78. The summed E-state index contributed by atoms with van der Waals surface area (Å²) >= 11 is 0. The maximum Gasteiger partial charge on any atom is 0.306 e. The quantitative estimate of drug-likeness (QED) is 0.865.